The average molecular weight is 330 g/mol. The number of hydrogen-bond donors (Lipinski definition) is 2. The number of alkyl carbamates (subject to hydrolysis) is 1. The van der Waals surface area contributed by atoms with Crippen LogP contribution in [0.15, 0.2) is 36.5 Å². The zero-order chi connectivity index (χ0) is 17.7. The van der Waals surface area contributed by atoms with E-state index in [0.717, 1.165) is 16.5 Å². The molecule has 1 aromatic carbocycles. The molecule has 128 valence electrons. The third-order valence-electron chi connectivity index (χ3n) is 3.19. The van der Waals surface area contributed by atoms with E-state index in [4.69, 9.17) is 9.84 Å². The fourth-order valence-corrected chi connectivity index (χ4v) is 2.33. The molecule has 1 heterocycles. The summed E-state index contributed by atoms with van der Waals surface area (Å²) in [6.45, 7) is 5.65. The summed E-state index contributed by atoms with van der Waals surface area (Å²) in [6, 6.07) is 7.60. The number of aromatic nitrogens is 1. The second-order valence-corrected chi connectivity index (χ2v) is 6.41. The van der Waals surface area contributed by atoms with Crippen LogP contribution >= 0.6 is 0 Å². The first-order valence-corrected chi connectivity index (χ1v) is 7.69. The molecule has 0 spiro atoms. The topological polar surface area (TPSA) is 80.6 Å². The van der Waals surface area contributed by atoms with Crippen LogP contribution in [0.25, 0.3) is 17.0 Å². The first-order chi connectivity index (χ1) is 11.3. The van der Waals surface area contributed by atoms with E-state index in [9.17, 15) is 9.59 Å². The summed E-state index contributed by atoms with van der Waals surface area (Å²) in [5.41, 5.74) is 1.23. The van der Waals surface area contributed by atoms with Crippen molar-refractivity contribution in [3.63, 3.8) is 0 Å². The highest BCUT2D eigenvalue weighted by atomic mass is 16.6. The number of nitrogens with one attached hydrogen (secondary N) is 1. The van der Waals surface area contributed by atoms with Crippen LogP contribution in [0.2, 0.25) is 0 Å². The predicted molar refractivity (Wildman–Crippen MR) is 92.8 cm³/mol. The average Bonchev–Trinajstić information content (AvgIpc) is 2.80. The molecule has 2 N–H and O–H groups in total. The van der Waals surface area contributed by atoms with Crippen molar-refractivity contribution in [1.82, 2.24) is 9.88 Å². The largest absolute Gasteiger partial charge is 0.480 e. The van der Waals surface area contributed by atoms with E-state index in [1.807, 2.05) is 30.3 Å². The van der Waals surface area contributed by atoms with Crippen molar-refractivity contribution in [2.24, 2.45) is 0 Å². The van der Waals surface area contributed by atoms with Crippen LogP contribution < -0.4 is 5.32 Å². The molecule has 0 aliphatic rings. The number of fused-ring (bicyclic) bond motifs is 1. The molecular formula is C18H22N2O4. The van der Waals surface area contributed by atoms with Gasteiger partial charge in [0.25, 0.3) is 0 Å². The Bertz CT molecular complexity index is 769. The molecule has 24 heavy (non-hydrogen) atoms. The Kier molecular flexibility index (Phi) is 5.28. The quantitative estimate of drug-likeness (QED) is 0.882. The first kappa shape index (κ1) is 17.6. The summed E-state index contributed by atoms with van der Waals surface area (Å²) in [5.74, 6) is -0.891. The van der Waals surface area contributed by atoms with Gasteiger partial charge in [-0.3, -0.25) is 4.79 Å². The molecule has 6 heteroatoms. The van der Waals surface area contributed by atoms with Gasteiger partial charge in [0.2, 0.25) is 0 Å². The molecule has 2 rings (SSSR count). The number of amides is 1. The van der Waals surface area contributed by atoms with Crippen LogP contribution in [-0.4, -0.2) is 33.9 Å². The lowest BCUT2D eigenvalue weighted by Crippen LogP contribution is -2.32. The Balaban J connectivity index is 2.07. The van der Waals surface area contributed by atoms with E-state index in [1.165, 1.54) is 0 Å². The molecule has 0 saturated heterocycles. The van der Waals surface area contributed by atoms with E-state index < -0.39 is 17.7 Å². The minimum absolute atomic E-state index is 0.0927. The number of nitrogens with zero attached hydrogens (tertiary/aromatic N) is 1. The van der Waals surface area contributed by atoms with Crippen LogP contribution in [0.4, 0.5) is 4.79 Å². The van der Waals surface area contributed by atoms with Gasteiger partial charge in [-0.1, -0.05) is 30.4 Å². The lowest BCUT2D eigenvalue weighted by Gasteiger charge is -2.19. The number of carboxylic acid groups (broad SMARTS) is 1. The summed E-state index contributed by atoms with van der Waals surface area (Å²) >= 11 is 0. The van der Waals surface area contributed by atoms with Crippen molar-refractivity contribution >= 4 is 29.0 Å². The highest BCUT2D eigenvalue weighted by Crippen LogP contribution is 2.22. The van der Waals surface area contributed by atoms with E-state index in [0.29, 0.717) is 6.54 Å². The summed E-state index contributed by atoms with van der Waals surface area (Å²) in [4.78, 5) is 22.5. The molecular weight excluding hydrogens is 308 g/mol. The van der Waals surface area contributed by atoms with Gasteiger partial charge >= 0.3 is 12.1 Å². The van der Waals surface area contributed by atoms with Crippen molar-refractivity contribution in [2.75, 3.05) is 6.54 Å². The Morgan fingerprint density at radius 2 is 2.00 bits per heavy atom. The SMILES string of the molecule is CC(C)(C)OC(=O)NCC=Cc1cn(CC(=O)O)c2ccccc12. The molecule has 0 aliphatic heterocycles. The minimum atomic E-state index is -0.891. The number of aliphatic carboxylic acids is 1. The number of carbonyl (C=O) groups is 2. The van der Waals surface area contributed by atoms with Crippen molar-refractivity contribution in [1.29, 1.82) is 0 Å². The Morgan fingerprint density at radius 3 is 2.67 bits per heavy atom. The van der Waals surface area contributed by atoms with Crippen molar-refractivity contribution in [3.8, 4) is 0 Å². The maximum absolute atomic E-state index is 11.6. The molecule has 0 atom stereocenters. The first-order valence-electron chi connectivity index (χ1n) is 7.69. The van der Waals surface area contributed by atoms with E-state index in [-0.39, 0.29) is 6.54 Å². The molecule has 1 aromatic heterocycles. The maximum Gasteiger partial charge on any atom is 0.407 e. The number of para-hydroxylation sites is 1. The highest BCUT2D eigenvalue weighted by molar-refractivity contribution is 5.90. The molecule has 0 fully saturated rings. The van der Waals surface area contributed by atoms with Gasteiger partial charge in [-0.05, 0) is 32.4 Å². The zero-order valence-corrected chi connectivity index (χ0v) is 14.1. The molecule has 0 saturated carbocycles. The number of hydrogen-bond acceptors (Lipinski definition) is 3. The van der Waals surface area contributed by atoms with E-state index >= 15 is 0 Å². The van der Waals surface area contributed by atoms with Crippen LogP contribution in [0.1, 0.15) is 26.3 Å². The van der Waals surface area contributed by atoms with Gasteiger partial charge < -0.3 is 19.7 Å². The lowest BCUT2D eigenvalue weighted by molar-refractivity contribution is -0.137. The number of rotatable bonds is 5. The fraction of sp³-hybridized carbons (Fsp3) is 0.333. The van der Waals surface area contributed by atoms with Crippen molar-refractivity contribution in [2.45, 2.75) is 32.9 Å². The number of benzene rings is 1. The Labute approximate surface area is 140 Å². The summed E-state index contributed by atoms with van der Waals surface area (Å²) < 4.78 is 6.85. The molecule has 2 aromatic rings. The van der Waals surface area contributed by atoms with Gasteiger partial charge in [-0.2, -0.15) is 0 Å². The third kappa shape index (κ3) is 4.87. The summed E-state index contributed by atoms with van der Waals surface area (Å²) in [7, 11) is 0. The highest BCUT2D eigenvalue weighted by Gasteiger charge is 2.15. The van der Waals surface area contributed by atoms with Gasteiger partial charge in [-0.25, -0.2) is 4.79 Å². The number of carboxylic acids is 1. The molecule has 6 nitrogen and oxygen atoms in total. The predicted octanol–water partition coefficient (Wildman–Crippen LogP) is 3.26. The van der Waals surface area contributed by atoms with Gasteiger partial charge in [0.15, 0.2) is 0 Å². The van der Waals surface area contributed by atoms with Gasteiger partial charge in [0.1, 0.15) is 12.1 Å². The van der Waals surface area contributed by atoms with Crippen LogP contribution in [0.5, 0.6) is 0 Å². The number of carbonyl (C=O) groups excluding carboxylic acids is 1. The molecule has 0 bridgehead atoms. The third-order valence-corrected chi connectivity index (χ3v) is 3.19. The Hall–Kier alpha value is -2.76. The maximum atomic E-state index is 11.6. The van der Waals surface area contributed by atoms with Crippen LogP contribution in [-0.2, 0) is 16.1 Å². The molecule has 0 aliphatic carbocycles. The van der Waals surface area contributed by atoms with Crippen molar-refractivity contribution < 1.29 is 19.4 Å². The zero-order valence-electron chi connectivity index (χ0n) is 14.1. The monoisotopic (exact) mass is 330 g/mol. The lowest BCUT2D eigenvalue weighted by atomic mass is 10.1. The number of ether oxygens (including phenoxy) is 1. The standard InChI is InChI=1S/C18H22N2O4/c1-18(2,3)24-17(23)19-10-6-7-13-11-20(12-16(21)22)15-9-5-4-8-14(13)15/h4-9,11H,10,12H2,1-3H3,(H,19,23)(H,21,22). The molecule has 0 radical (unpaired) electrons. The van der Waals surface area contributed by atoms with Gasteiger partial charge in [0.05, 0.1) is 0 Å². The summed E-state index contributed by atoms with van der Waals surface area (Å²) in [6.07, 6.45) is 4.98. The van der Waals surface area contributed by atoms with Gasteiger partial charge in [-0.15, -0.1) is 0 Å². The summed E-state index contributed by atoms with van der Waals surface area (Å²) in [5, 5.41) is 12.6. The molecule has 1 amide bonds. The van der Waals surface area contributed by atoms with Crippen LogP contribution in [0, 0.1) is 0 Å². The minimum Gasteiger partial charge on any atom is -0.480 e. The second-order valence-electron chi connectivity index (χ2n) is 6.41. The fourth-order valence-electron chi connectivity index (χ4n) is 2.33. The van der Waals surface area contributed by atoms with E-state index in [2.05, 4.69) is 5.32 Å². The second kappa shape index (κ2) is 7.21. The molecule has 0 unspecified atom stereocenters. The van der Waals surface area contributed by atoms with Crippen LogP contribution in [0.3, 0.4) is 0 Å². The van der Waals surface area contributed by atoms with Gasteiger partial charge in [0, 0.05) is 23.6 Å². The smallest absolute Gasteiger partial charge is 0.407 e. The Morgan fingerprint density at radius 1 is 1.29 bits per heavy atom. The normalized spacial score (nSPS) is 11.8. The van der Waals surface area contributed by atoms with E-state index in [1.54, 1.807) is 37.6 Å². The van der Waals surface area contributed by atoms with Crippen molar-refractivity contribution in [3.05, 3.63) is 42.1 Å².